The van der Waals surface area contributed by atoms with Gasteiger partial charge in [-0.25, -0.2) is 18.4 Å². The van der Waals surface area contributed by atoms with Crippen molar-refractivity contribution in [2.75, 3.05) is 20.3 Å². The Hall–Kier alpha value is -2.74. The molecule has 8 heteroatoms. The molecule has 1 aromatic rings. The lowest BCUT2D eigenvalue weighted by atomic mass is 9.59. The third-order valence-corrected chi connectivity index (χ3v) is 5.49. The first-order valence-electron chi connectivity index (χ1n) is 9.13. The second kappa shape index (κ2) is 8.32. The molecule has 0 spiro atoms. The fourth-order valence-electron chi connectivity index (χ4n) is 4.34. The Balaban J connectivity index is 3.06. The van der Waals surface area contributed by atoms with Gasteiger partial charge in [-0.05, 0) is 38.0 Å². The number of ether oxygens (including phenoxy) is 1. The molecule has 0 aromatic heterocycles. The first kappa shape index (κ1) is 22.5. The zero-order valence-electron chi connectivity index (χ0n) is 17.0. The maximum Gasteiger partial charge on any atom is 0.334 e. The first-order valence-corrected chi connectivity index (χ1v) is 9.13. The van der Waals surface area contributed by atoms with Crippen molar-refractivity contribution in [2.45, 2.75) is 33.1 Å². The smallest absolute Gasteiger partial charge is 0.334 e. The Morgan fingerprint density at radius 2 is 1.62 bits per heavy atom. The Morgan fingerprint density at radius 3 is 2.03 bits per heavy atom. The number of carbonyl (C=O) groups is 2. The fourth-order valence-corrected chi connectivity index (χ4v) is 4.34. The molecule has 0 bridgehead atoms. The van der Waals surface area contributed by atoms with E-state index >= 15 is 0 Å². The highest BCUT2D eigenvalue weighted by atomic mass is 19.1. The van der Waals surface area contributed by atoms with Crippen molar-refractivity contribution in [3.63, 3.8) is 0 Å². The van der Waals surface area contributed by atoms with Gasteiger partial charge in [0.05, 0.1) is 23.2 Å². The van der Waals surface area contributed by atoms with Gasteiger partial charge in [0.25, 0.3) is 0 Å². The molecular weight excluding hydrogens is 384 g/mol. The van der Waals surface area contributed by atoms with Gasteiger partial charge < -0.3 is 19.8 Å². The summed E-state index contributed by atoms with van der Waals surface area (Å²) in [6.07, 6.45) is 0. The Kier molecular flexibility index (Phi) is 6.47. The molecule has 1 aliphatic rings. The van der Waals surface area contributed by atoms with E-state index in [-0.39, 0.29) is 41.3 Å². The number of aliphatic carboxylic acids is 2. The predicted octanol–water partition coefficient (Wildman–Crippen LogP) is 3.54. The van der Waals surface area contributed by atoms with Gasteiger partial charge in [-0.3, -0.25) is 0 Å². The Labute approximate surface area is 168 Å². The van der Waals surface area contributed by atoms with Crippen LogP contribution in [0.2, 0.25) is 0 Å². The summed E-state index contributed by atoms with van der Waals surface area (Å²) in [5.41, 5.74) is -2.27. The molecule has 0 aliphatic carbocycles. The quantitative estimate of drug-likeness (QED) is 0.716. The van der Waals surface area contributed by atoms with Crippen LogP contribution >= 0.6 is 0 Å². The third kappa shape index (κ3) is 3.53. The molecule has 0 atom stereocenters. The molecule has 0 radical (unpaired) electrons. The summed E-state index contributed by atoms with van der Waals surface area (Å²) in [6, 6.07) is 2.68. The molecule has 0 unspecified atom stereocenters. The summed E-state index contributed by atoms with van der Waals surface area (Å²) in [7, 11) is 1.47. The molecule has 6 nitrogen and oxygen atoms in total. The van der Waals surface area contributed by atoms with Gasteiger partial charge in [0.15, 0.2) is 0 Å². The summed E-state index contributed by atoms with van der Waals surface area (Å²) >= 11 is 0. The van der Waals surface area contributed by atoms with Gasteiger partial charge in [0.2, 0.25) is 0 Å². The average Bonchev–Trinajstić information content (AvgIpc) is 2.61. The van der Waals surface area contributed by atoms with Crippen LogP contribution in [-0.4, -0.2) is 47.3 Å². The summed E-state index contributed by atoms with van der Waals surface area (Å²) in [4.78, 5) is 26.3. The van der Waals surface area contributed by atoms with Crippen molar-refractivity contribution in [3.8, 4) is 0 Å². The molecule has 1 aromatic carbocycles. The van der Waals surface area contributed by atoms with Crippen LogP contribution in [0, 0.1) is 17.6 Å². The van der Waals surface area contributed by atoms with Crippen molar-refractivity contribution in [1.82, 2.24) is 4.90 Å². The van der Waals surface area contributed by atoms with E-state index in [0.717, 1.165) is 18.2 Å². The van der Waals surface area contributed by atoms with E-state index < -0.39 is 34.9 Å². The molecule has 2 N–H and O–H groups in total. The zero-order chi connectivity index (χ0) is 22.1. The molecule has 0 saturated carbocycles. The van der Waals surface area contributed by atoms with Gasteiger partial charge >= 0.3 is 11.9 Å². The van der Waals surface area contributed by atoms with Crippen LogP contribution in [0.15, 0.2) is 40.7 Å². The van der Waals surface area contributed by atoms with Crippen LogP contribution in [0.1, 0.15) is 33.3 Å². The van der Waals surface area contributed by atoms with E-state index in [0.29, 0.717) is 0 Å². The number of methoxy groups -OCH3 is 1. The standard InChI is InChI=1S/C21H25F2NO5/c1-11(2)21(15-10-14(22)6-7-16(15)23)17(19(25)26)12(3)24(8-9-29-5)13(4)18(21)20(27)28/h6-7,10-11H,8-9H2,1-5H3,(H,25,26)(H,27,28). The van der Waals surface area contributed by atoms with Crippen molar-refractivity contribution in [3.05, 3.63) is 57.9 Å². The lowest BCUT2D eigenvalue weighted by Gasteiger charge is -2.47. The minimum atomic E-state index is -1.89. The van der Waals surface area contributed by atoms with Crippen molar-refractivity contribution in [1.29, 1.82) is 0 Å². The van der Waals surface area contributed by atoms with Gasteiger partial charge in [-0.1, -0.05) is 13.8 Å². The van der Waals surface area contributed by atoms with E-state index in [4.69, 9.17) is 4.74 Å². The minimum Gasteiger partial charge on any atom is -0.478 e. The summed E-state index contributed by atoms with van der Waals surface area (Å²) < 4.78 is 34.1. The van der Waals surface area contributed by atoms with Crippen LogP contribution < -0.4 is 0 Å². The van der Waals surface area contributed by atoms with E-state index in [2.05, 4.69) is 0 Å². The average molecular weight is 409 g/mol. The number of halogens is 2. The number of benzene rings is 1. The van der Waals surface area contributed by atoms with Crippen LogP contribution in [-0.2, 0) is 19.7 Å². The molecule has 0 fully saturated rings. The lowest BCUT2D eigenvalue weighted by Crippen LogP contribution is -2.49. The number of allylic oxidation sites excluding steroid dienone is 2. The normalized spacial score (nSPS) is 16.6. The monoisotopic (exact) mass is 409 g/mol. The van der Waals surface area contributed by atoms with Crippen LogP contribution in [0.4, 0.5) is 8.78 Å². The summed E-state index contributed by atoms with van der Waals surface area (Å²) in [5, 5.41) is 20.2. The van der Waals surface area contributed by atoms with Crippen LogP contribution in [0.3, 0.4) is 0 Å². The summed E-state index contributed by atoms with van der Waals surface area (Å²) in [6.45, 7) is 6.70. The molecule has 0 saturated heterocycles. The highest BCUT2D eigenvalue weighted by Crippen LogP contribution is 2.52. The SMILES string of the molecule is COCCN1C(C)=C(C(=O)O)C(c2cc(F)ccc2F)(C(C)C)C(C(=O)O)=C1C. The van der Waals surface area contributed by atoms with Crippen LogP contribution in [0.25, 0.3) is 0 Å². The highest BCUT2D eigenvalue weighted by molar-refractivity contribution is 6.00. The topological polar surface area (TPSA) is 87.1 Å². The van der Waals surface area contributed by atoms with Crippen LogP contribution in [0.5, 0.6) is 0 Å². The molecular formula is C21H25F2NO5. The van der Waals surface area contributed by atoms with Crippen molar-refractivity contribution < 1.29 is 33.3 Å². The van der Waals surface area contributed by atoms with Crippen molar-refractivity contribution in [2.24, 2.45) is 5.92 Å². The summed E-state index contributed by atoms with van der Waals surface area (Å²) in [5.74, 6) is -5.15. The van der Waals surface area contributed by atoms with Gasteiger partial charge in [-0.2, -0.15) is 0 Å². The number of nitrogens with zero attached hydrogens (tertiary/aromatic N) is 1. The van der Waals surface area contributed by atoms with Gasteiger partial charge in [-0.15, -0.1) is 0 Å². The second-order valence-electron chi connectivity index (χ2n) is 7.26. The maximum atomic E-state index is 15.0. The van der Waals surface area contributed by atoms with E-state index in [1.807, 2.05) is 0 Å². The Morgan fingerprint density at radius 1 is 1.10 bits per heavy atom. The first-order chi connectivity index (χ1) is 13.5. The largest absolute Gasteiger partial charge is 0.478 e. The fraction of sp³-hybridized carbons (Fsp3) is 0.429. The maximum absolute atomic E-state index is 15.0. The molecule has 0 amide bonds. The van der Waals surface area contributed by atoms with E-state index in [1.54, 1.807) is 13.8 Å². The highest BCUT2D eigenvalue weighted by Gasteiger charge is 2.55. The molecule has 2 rings (SSSR count). The van der Waals surface area contributed by atoms with E-state index in [9.17, 15) is 28.6 Å². The molecule has 1 heterocycles. The molecule has 1 aliphatic heterocycles. The number of rotatable bonds is 7. The zero-order valence-corrected chi connectivity index (χ0v) is 17.0. The number of hydrogen-bond acceptors (Lipinski definition) is 4. The van der Waals surface area contributed by atoms with Crippen molar-refractivity contribution >= 4 is 11.9 Å². The van der Waals surface area contributed by atoms with E-state index in [1.165, 1.54) is 25.9 Å². The van der Waals surface area contributed by atoms with Gasteiger partial charge in [0.1, 0.15) is 11.6 Å². The predicted molar refractivity (Wildman–Crippen MR) is 102 cm³/mol. The number of hydrogen-bond donors (Lipinski definition) is 2. The minimum absolute atomic E-state index is 0.210. The third-order valence-electron chi connectivity index (χ3n) is 5.49. The lowest BCUT2D eigenvalue weighted by molar-refractivity contribution is -0.135. The molecule has 29 heavy (non-hydrogen) atoms. The Bertz CT molecular complexity index is 866. The second-order valence-corrected chi connectivity index (χ2v) is 7.26. The van der Waals surface area contributed by atoms with Gasteiger partial charge in [0, 0.05) is 30.6 Å². The number of carboxylic acids is 2. The number of carboxylic acid groups (broad SMARTS) is 2. The molecule has 158 valence electrons.